The number of pyridine rings is 1. The lowest BCUT2D eigenvalue weighted by Gasteiger charge is -2.09. The molecule has 6 heteroatoms. The molecule has 5 nitrogen and oxygen atoms in total. The van der Waals surface area contributed by atoms with Gasteiger partial charge in [-0.25, -0.2) is 4.68 Å². The van der Waals surface area contributed by atoms with Crippen molar-refractivity contribution in [1.82, 2.24) is 14.8 Å². The number of benzene rings is 1. The summed E-state index contributed by atoms with van der Waals surface area (Å²) in [5.41, 5.74) is 0.00514. The summed E-state index contributed by atoms with van der Waals surface area (Å²) in [5, 5.41) is 15.4. The zero-order chi connectivity index (χ0) is 14.3. The van der Waals surface area contributed by atoms with E-state index in [1.165, 1.54) is 7.05 Å². The minimum absolute atomic E-state index is 0.0595. The third-order valence-corrected chi connectivity index (χ3v) is 3.34. The highest BCUT2D eigenvalue weighted by atomic mass is 35.5. The number of hydrogen-bond acceptors (Lipinski definition) is 4. The molecule has 1 aromatic carbocycles. The molecule has 0 aliphatic rings. The van der Waals surface area contributed by atoms with Crippen LogP contribution in [0, 0.1) is 0 Å². The van der Waals surface area contributed by atoms with Crippen molar-refractivity contribution in [3.05, 3.63) is 52.0 Å². The van der Waals surface area contributed by atoms with Crippen molar-refractivity contribution in [2.24, 2.45) is 7.05 Å². The first-order valence-electron chi connectivity index (χ1n) is 5.89. The number of hydrogen-bond donors (Lipinski definition) is 1. The van der Waals surface area contributed by atoms with Gasteiger partial charge in [0.15, 0.2) is 10.9 Å². The van der Waals surface area contributed by atoms with Crippen molar-refractivity contribution in [3.8, 4) is 17.0 Å². The van der Waals surface area contributed by atoms with Gasteiger partial charge in [-0.2, -0.15) is 5.10 Å². The summed E-state index contributed by atoms with van der Waals surface area (Å²) in [6, 6.07) is 9.32. The van der Waals surface area contributed by atoms with Gasteiger partial charge in [0.05, 0.1) is 5.69 Å². The van der Waals surface area contributed by atoms with Crippen LogP contribution in [0.5, 0.6) is 5.75 Å². The van der Waals surface area contributed by atoms with Crippen molar-refractivity contribution >= 4 is 22.4 Å². The molecule has 0 amide bonds. The van der Waals surface area contributed by atoms with Crippen LogP contribution in [0.4, 0.5) is 0 Å². The van der Waals surface area contributed by atoms with Crippen LogP contribution in [0.1, 0.15) is 0 Å². The van der Waals surface area contributed by atoms with Gasteiger partial charge in [-0.05, 0) is 11.5 Å². The Morgan fingerprint density at radius 2 is 2.00 bits per heavy atom. The van der Waals surface area contributed by atoms with E-state index in [1.54, 1.807) is 6.20 Å². The van der Waals surface area contributed by atoms with Gasteiger partial charge in [0.2, 0.25) is 0 Å². The summed E-state index contributed by atoms with van der Waals surface area (Å²) in [6.45, 7) is 0. The molecule has 2 aromatic heterocycles. The van der Waals surface area contributed by atoms with E-state index in [1.807, 2.05) is 30.3 Å². The topological polar surface area (TPSA) is 68.0 Å². The highest BCUT2D eigenvalue weighted by Gasteiger charge is 2.19. The predicted octanol–water partition coefficient (Wildman–Crippen LogP) is 2.35. The lowest BCUT2D eigenvalue weighted by atomic mass is 10.1. The maximum absolute atomic E-state index is 12.2. The van der Waals surface area contributed by atoms with Crippen LogP contribution in [0.2, 0.25) is 5.15 Å². The molecule has 0 atom stereocenters. The number of aromatic nitrogens is 3. The molecular weight excluding hydrogens is 278 g/mol. The van der Waals surface area contributed by atoms with Crippen LogP contribution >= 0.6 is 11.6 Å². The third kappa shape index (κ3) is 1.83. The molecule has 0 radical (unpaired) electrons. The fourth-order valence-corrected chi connectivity index (χ4v) is 2.33. The van der Waals surface area contributed by atoms with Crippen molar-refractivity contribution in [3.63, 3.8) is 0 Å². The van der Waals surface area contributed by atoms with Crippen LogP contribution in [-0.4, -0.2) is 19.9 Å². The molecule has 3 rings (SSSR count). The predicted molar refractivity (Wildman–Crippen MR) is 76.9 cm³/mol. The van der Waals surface area contributed by atoms with Crippen LogP contribution in [0.25, 0.3) is 22.0 Å². The van der Waals surface area contributed by atoms with E-state index in [2.05, 4.69) is 10.1 Å². The largest absolute Gasteiger partial charge is 0.504 e. The summed E-state index contributed by atoms with van der Waals surface area (Å²) >= 11 is 5.84. The number of fused-ring (bicyclic) bond motifs is 1. The molecule has 0 unspecified atom stereocenters. The van der Waals surface area contributed by atoms with Crippen LogP contribution in [0.3, 0.4) is 0 Å². The highest BCUT2D eigenvalue weighted by molar-refractivity contribution is 6.31. The minimum Gasteiger partial charge on any atom is -0.504 e. The fraction of sp³-hybridized carbons (Fsp3) is 0.0714. The Morgan fingerprint density at radius 3 is 2.80 bits per heavy atom. The van der Waals surface area contributed by atoms with Gasteiger partial charge in [0.1, 0.15) is 5.56 Å². The van der Waals surface area contributed by atoms with E-state index < -0.39 is 5.56 Å². The van der Waals surface area contributed by atoms with Crippen molar-refractivity contribution in [1.29, 1.82) is 0 Å². The Bertz CT molecular complexity index is 869. The molecule has 0 saturated carbocycles. The molecule has 20 heavy (non-hydrogen) atoms. The molecule has 100 valence electrons. The monoisotopic (exact) mass is 287 g/mol. The normalized spacial score (nSPS) is 10.9. The molecule has 0 saturated heterocycles. The Hall–Kier alpha value is -2.40. The van der Waals surface area contributed by atoms with E-state index in [-0.39, 0.29) is 16.5 Å². The number of aromatic hydroxyl groups is 1. The first-order valence-corrected chi connectivity index (χ1v) is 6.27. The smallest absolute Gasteiger partial charge is 0.279 e. The summed E-state index contributed by atoms with van der Waals surface area (Å²) in [4.78, 5) is 16.4. The van der Waals surface area contributed by atoms with Crippen LogP contribution in [0.15, 0.2) is 41.3 Å². The van der Waals surface area contributed by atoms with E-state index in [4.69, 9.17) is 11.6 Å². The van der Waals surface area contributed by atoms with Crippen LogP contribution in [-0.2, 0) is 7.05 Å². The van der Waals surface area contributed by atoms with Gasteiger partial charge in [0.25, 0.3) is 5.56 Å². The average molecular weight is 288 g/mol. The second-order valence-corrected chi connectivity index (χ2v) is 4.68. The molecule has 0 bridgehead atoms. The molecule has 0 fully saturated rings. The van der Waals surface area contributed by atoms with Gasteiger partial charge in [-0.15, -0.1) is 0 Å². The Morgan fingerprint density at radius 1 is 1.25 bits per heavy atom. The van der Waals surface area contributed by atoms with Crippen molar-refractivity contribution < 1.29 is 5.11 Å². The lowest BCUT2D eigenvalue weighted by molar-refractivity contribution is 0.467. The van der Waals surface area contributed by atoms with Gasteiger partial charge < -0.3 is 5.11 Å². The Kier molecular flexibility index (Phi) is 2.91. The molecule has 2 heterocycles. The number of halogens is 1. The standard InChI is InChI=1S/C14H10ClN3O2/c1-18-14(20)10(12(19)13(15)17-18)11-9-5-3-2-4-8(9)6-7-16-11/h2-7,19H,1H3. The second kappa shape index (κ2) is 4.61. The zero-order valence-electron chi connectivity index (χ0n) is 10.5. The quantitative estimate of drug-likeness (QED) is 0.746. The summed E-state index contributed by atoms with van der Waals surface area (Å²) in [6.07, 6.45) is 1.59. The third-order valence-electron chi connectivity index (χ3n) is 3.09. The van der Waals surface area contributed by atoms with Crippen LogP contribution < -0.4 is 5.56 Å². The van der Waals surface area contributed by atoms with Gasteiger partial charge >= 0.3 is 0 Å². The highest BCUT2D eigenvalue weighted by Crippen LogP contribution is 2.33. The molecule has 3 aromatic rings. The minimum atomic E-state index is -0.448. The SMILES string of the molecule is Cn1nc(Cl)c(O)c(-c2nccc3ccccc23)c1=O. The van der Waals surface area contributed by atoms with Gasteiger partial charge in [0, 0.05) is 18.6 Å². The Labute approximate surface area is 119 Å². The first kappa shape index (κ1) is 12.6. The maximum atomic E-state index is 12.2. The van der Waals surface area contributed by atoms with E-state index in [0.29, 0.717) is 5.69 Å². The molecule has 0 aliphatic heterocycles. The number of rotatable bonds is 1. The average Bonchev–Trinajstić information content (AvgIpc) is 2.46. The number of nitrogens with zero attached hydrogens (tertiary/aromatic N) is 3. The fourth-order valence-electron chi connectivity index (χ4n) is 2.12. The number of aryl methyl sites for hydroxylation is 1. The molecule has 1 N–H and O–H groups in total. The molecular formula is C14H10ClN3O2. The van der Waals surface area contributed by atoms with Crippen molar-refractivity contribution in [2.75, 3.05) is 0 Å². The van der Waals surface area contributed by atoms with E-state index in [0.717, 1.165) is 15.5 Å². The summed E-state index contributed by atoms with van der Waals surface area (Å²) in [5.74, 6) is -0.349. The Balaban J connectivity index is 2.46. The summed E-state index contributed by atoms with van der Waals surface area (Å²) < 4.78 is 1.08. The van der Waals surface area contributed by atoms with E-state index >= 15 is 0 Å². The van der Waals surface area contributed by atoms with Gasteiger partial charge in [-0.3, -0.25) is 9.78 Å². The molecule has 0 aliphatic carbocycles. The first-order chi connectivity index (χ1) is 9.59. The van der Waals surface area contributed by atoms with Crippen molar-refractivity contribution in [2.45, 2.75) is 0 Å². The zero-order valence-corrected chi connectivity index (χ0v) is 11.3. The lowest BCUT2D eigenvalue weighted by Crippen LogP contribution is -2.21. The summed E-state index contributed by atoms with van der Waals surface area (Å²) in [7, 11) is 1.47. The molecule has 0 spiro atoms. The second-order valence-electron chi connectivity index (χ2n) is 4.32. The maximum Gasteiger partial charge on any atom is 0.279 e. The van der Waals surface area contributed by atoms with Gasteiger partial charge in [-0.1, -0.05) is 35.9 Å². The van der Waals surface area contributed by atoms with E-state index in [9.17, 15) is 9.90 Å².